The van der Waals surface area contributed by atoms with Crippen LogP contribution >= 0.6 is 0 Å². The predicted molar refractivity (Wildman–Crippen MR) is 72.2 cm³/mol. The second-order valence-corrected chi connectivity index (χ2v) is 4.39. The Labute approximate surface area is 107 Å². The highest BCUT2D eigenvalue weighted by atomic mass is 15.4. The normalized spacial score (nSPS) is 10.7. The van der Waals surface area contributed by atoms with Crippen LogP contribution in [-0.4, -0.2) is 21.8 Å². The van der Waals surface area contributed by atoms with Crippen molar-refractivity contribution >= 4 is 5.82 Å². The Hall–Kier alpha value is -1.88. The quantitative estimate of drug-likeness (QED) is 0.880. The van der Waals surface area contributed by atoms with Gasteiger partial charge < -0.3 is 10.6 Å². The maximum Gasteiger partial charge on any atom is 0.131 e. The van der Waals surface area contributed by atoms with Crippen LogP contribution < -0.4 is 10.6 Å². The van der Waals surface area contributed by atoms with Gasteiger partial charge in [-0.2, -0.15) is 5.10 Å². The molecule has 5 nitrogen and oxygen atoms in total. The van der Waals surface area contributed by atoms with Gasteiger partial charge in [-0.05, 0) is 19.1 Å². The molecule has 2 N–H and O–H groups in total. The molecule has 5 heteroatoms. The largest absolute Gasteiger partial charge is 0.354 e. The van der Waals surface area contributed by atoms with E-state index in [1.54, 1.807) is 0 Å². The second kappa shape index (κ2) is 5.18. The van der Waals surface area contributed by atoms with E-state index in [-0.39, 0.29) is 0 Å². The fourth-order valence-corrected chi connectivity index (χ4v) is 2.22. The highest BCUT2D eigenvalue weighted by Crippen LogP contribution is 2.22. The standard InChI is InChI=1S/C13H19N5/c1-10-12(8-14)13(18(3)16-10)17(2)9-11-6-4-5-7-15-11/h4-7H,8-9,14H2,1-3H3. The Morgan fingerprint density at radius 3 is 2.78 bits per heavy atom. The molecule has 2 aromatic rings. The van der Waals surface area contributed by atoms with Crippen molar-refractivity contribution in [3.8, 4) is 0 Å². The molecule has 2 rings (SSSR count). The number of nitrogens with two attached hydrogens (primary N) is 1. The maximum absolute atomic E-state index is 5.80. The first-order valence-corrected chi connectivity index (χ1v) is 5.97. The number of nitrogens with zero attached hydrogens (tertiary/aromatic N) is 4. The van der Waals surface area contributed by atoms with Crippen molar-refractivity contribution in [3.05, 3.63) is 41.3 Å². The third-order valence-corrected chi connectivity index (χ3v) is 3.00. The van der Waals surface area contributed by atoms with Crippen LogP contribution in [0.5, 0.6) is 0 Å². The molecule has 0 aliphatic rings. The van der Waals surface area contributed by atoms with Crippen LogP contribution in [0.25, 0.3) is 0 Å². The van der Waals surface area contributed by atoms with Gasteiger partial charge >= 0.3 is 0 Å². The van der Waals surface area contributed by atoms with Crippen LogP contribution in [0, 0.1) is 6.92 Å². The smallest absolute Gasteiger partial charge is 0.131 e. The molecule has 0 bridgehead atoms. The fourth-order valence-electron chi connectivity index (χ4n) is 2.22. The zero-order chi connectivity index (χ0) is 13.1. The molecule has 0 saturated heterocycles. The van der Waals surface area contributed by atoms with Crippen LogP contribution in [-0.2, 0) is 20.1 Å². The molecular formula is C13H19N5. The molecule has 0 unspecified atom stereocenters. The van der Waals surface area contributed by atoms with Crippen LogP contribution in [0.4, 0.5) is 5.82 Å². The summed E-state index contributed by atoms with van der Waals surface area (Å²) in [5.41, 5.74) is 8.91. The van der Waals surface area contributed by atoms with E-state index in [9.17, 15) is 0 Å². The zero-order valence-electron chi connectivity index (χ0n) is 11.1. The number of rotatable bonds is 4. The molecule has 0 amide bonds. The van der Waals surface area contributed by atoms with E-state index < -0.39 is 0 Å². The van der Waals surface area contributed by atoms with Crippen molar-refractivity contribution < 1.29 is 0 Å². The molecule has 96 valence electrons. The summed E-state index contributed by atoms with van der Waals surface area (Å²) in [4.78, 5) is 6.46. The van der Waals surface area contributed by atoms with Gasteiger partial charge in [-0.25, -0.2) is 0 Å². The molecule has 0 aliphatic carbocycles. The van der Waals surface area contributed by atoms with Crippen LogP contribution in [0.1, 0.15) is 17.0 Å². The lowest BCUT2D eigenvalue weighted by molar-refractivity contribution is 0.721. The monoisotopic (exact) mass is 245 g/mol. The van der Waals surface area contributed by atoms with E-state index in [0.29, 0.717) is 6.54 Å². The number of aromatic nitrogens is 3. The van der Waals surface area contributed by atoms with Gasteiger partial charge in [0.05, 0.1) is 17.9 Å². The third-order valence-electron chi connectivity index (χ3n) is 3.00. The third kappa shape index (κ3) is 2.36. The van der Waals surface area contributed by atoms with Crippen LogP contribution in [0.15, 0.2) is 24.4 Å². The highest BCUT2D eigenvalue weighted by molar-refractivity contribution is 5.49. The van der Waals surface area contributed by atoms with Gasteiger partial charge in [-0.15, -0.1) is 0 Å². The average molecular weight is 245 g/mol. The number of pyridine rings is 1. The molecule has 0 atom stereocenters. The Kier molecular flexibility index (Phi) is 3.62. The highest BCUT2D eigenvalue weighted by Gasteiger charge is 2.15. The zero-order valence-corrected chi connectivity index (χ0v) is 11.1. The van der Waals surface area contributed by atoms with Gasteiger partial charge in [0.2, 0.25) is 0 Å². The molecule has 0 fully saturated rings. The number of aryl methyl sites for hydroxylation is 2. The molecule has 2 aromatic heterocycles. The molecule has 0 spiro atoms. The van der Waals surface area contributed by atoms with Crippen molar-refractivity contribution in [2.24, 2.45) is 12.8 Å². The Morgan fingerprint density at radius 1 is 1.39 bits per heavy atom. The van der Waals surface area contributed by atoms with Gasteiger partial charge in [0, 0.05) is 32.4 Å². The molecular weight excluding hydrogens is 226 g/mol. The molecule has 18 heavy (non-hydrogen) atoms. The topological polar surface area (TPSA) is 60.0 Å². The SMILES string of the molecule is Cc1nn(C)c(N(C)Cc2ccccn2)c1CN. The minimum absolute atomic E-state index is 0.502. The number of hydrogen-bond acceptors (Lipinski definition) is 4. The molecule has 0 saturated carbocycles. The van der Waals surface area contributed by atoms with Crippen molar-refractivity contribution in [2.75, 3.05) is 11.9 Å². The summed E-state index contributed by atoms with van der Waals surface area (Å²) in [5, 5.41) is 4.42. The van der Waals surface area contributed by atoms with Crippen molar-refractivity contribution in [3.63, 3.8) is 0 Å². The fraction of sp³-hybridized carbons (Fsp3) is 0.385. The Morgan fingerprint density at radius 2 is 2.17 bits per heavy atom. The summed E-state index contributed by atoms with van der Waals surface area (Å²) < 4.78 is 1.88. The first kappa shape index (κ1) is 12.6. The summed E-state index contributed by atoms with van der Waals surface area (Å²) in [6.45, 7) is 3.23. The lowest BCUT2D eigenvalue weighted by atomic mass is 10.2. The van der Waals surface area contributed by atoms with Crippen molar-refractivity contribution in [1.29, 1.82) is 0 Å². The van der Waals surface area contributed by atoms with Gasteiger partial charge in [0.25, 0.3) is 0 Å². The van der Waals surface area contributed by atoms with Gasteiger partial charge in [-0.1, -0.05) is 6.07 Å². The first-order chi connectivity index (χ1) is 8.63. The van der Waals surface area contributed by atoms with Gasteiger partial charge in [-0.3, -0.25) is 9.67 Å². The number of hydrogen-bond donors (Lipinski definition) is 1. The first-order valence-electron chi connectivity index (χ1n) is 5.97. The van der Waals surface area contributed by atoms with Crippen molar-refractivity contribution in [1.82, 2.24) is 14.8 Å². The number of anilines is 1. The summed E-state index contributed by atoms with van der Waals surface area (Å²) >= 11 is 0. The Balaban J connectivity index is 2.26. The van der Waals surface area contributed by atoms with E-state index in [1.165, 1.54) is 0 Å². The summed E-state index contributed by atoms with van der Waals surface area (Å²) in [7, 11) is 3.97. The van der Waals surface area contributed by atoms with E-state index >= 15 is 0 Å². The summed E-state index contributed by atoms with van der Waals surface area (Å²) in [6, 6.07) is 5.93. The van der Waals surface area contributed by atoms with E-state index in [1.807, 2.05) is 50.1 Å². The van der Waals surface area contributed by atoms with E-state index in [2.05, 4.69) is 15.0 Å². The molecule has 0 aliphatic heterocycles. The Bertz CT molecular complexity index is 518. The maximum atomic E-state index is 5.80. The van der Waals surface area contributed by atoms with Crippen LogP contribution in [0.3, 0.4) is 0 Å². The van der Waals surface area contributed by atoms with Crippen LogP contribution in [0.2, 0.25) is 0 Å². The second-order valence-electron chi connectivity index (χ2n) is 4.39. The average Bonchev–Trinajstić information content (AvgIpc) is 2.64. The lowest BCUT2D eigenvalue weighted by Gasteiger charge is -2.20. The summed E-state index contributed by atoms with van der Waals surface area (Å²) in [6.07, 6.45) is 1.81. The lowest BCUT2D eigenvalue weighted by Crippen LogP contribution is -2.21. The van der Waals surface area contributed by atoms with E-state index in [4.69, 9.17) is 5.73 Å². The van der Waals surface area contributed by atoms with Gasteiger partial charge in [0.15, 0.2) is 0 Å². The molecule has 0 aromatic carbocycles. The predicted octanol–water partition coefficient (Wildman–Crippen LogP) is 1.22. The molecule has 0 radical (unpaired) electrons. The van der Waals surface area contributed by atoms with Crippen molar-refractivity contribution in [2.45, 2.75) is 20.0 Å². The van der Waals surface area contributed by atoms with Gasteiger partial charge in [0.1, 0.15) is 5.82 Å². The minimum Gasteiger partial charge on any atom is -0.354 e. The summed E-state index contributed by atoms with van der Waals surface area (Å²) in [5.74, 6) is 1.06. The van der Waals surface area contributed by atoms with E-state index in [0.717, 1.165) is 29.3 Å². The minimum atomic E-state index is 0.502. The molecule has 2 heterocycles.